The lowest BCUT2D eigenvalue weighted by Crippen LogP contribution is -2.15. The highest BCUT2D eigenvalue weighted by Gasteiger charge is 2.16. The number of amides is 1. The van der Waals surface area contributed by atoms with Crippen molar-refractivity contribution < 1.29 is 9.53 Å². The normalized spacial score (nSPS) is 17.1. The molecule has 1 aliphatic heterocycles. The van der Waals surface area contributed by atoms with Gasteiger partial charge in [0.05, 0.1) is 12.3 Å². The maximum atomic E-state index is 12.0. The molecule has 0 saturated carbocycles. The van der Waals surface area contributed by atoms with Crippen LogP contribution in [0.25, 0.3) is 0 Å². The lowest BCUT2D eigenvalue weighted by molar-refractivity contribution is -0.116. The van der Waals surface area contributed by atoms with Crippen molar-refractivity contribution in [3.63, 3.8) is 0 Å². The summed E-state index contributed by atoms with van der Waals surface area (Å²) in [4.78, 5) is 12.0. The predicted molar refractivity (Wildman–Crippen MR) is 91.4 cm³/mol. The van der Waals surface area contributed by atoms with Crippen molar-refractivity contribution in [2.45, 2.75) is 26.2 Å². The van der Waals surface area contributed by atoms with Crippen LogP contribution in [0.3, 0.4) is 0 Å². The molecule has 1 aromatic carbocycles. The monoisotopic (exact) mass is 376 g/mol. The van der Waals surface area contributed by atoms with Gasteiger partial charge >= 0.3 is 0 Å². The van der Waals surface area contributed by atoms with E-state index in [0.717, 1.165) is 29.7 Å². The van der Waals surface area contributed by atoms with Crippen molar-refractivity contribution in [1.29, 1.82) is 0 Å². The Labute approximate surface area is 140 Å². The van der Waals surface area contributed by atoms with Gasteiger partial charge in [-0.2, -0.15) is 0 Å². The van der Waals surface area contributed by atoms with Gasteiger partial charge in [-0.05, 0) is 57.0 Å². The number of anilines is 1. The zero-order chi connectivity index (χ0) is 14.4. The highest BCUT2D eigenvalue weighted by Crippen LogP contribution is 2.28. The van der Waals surface area contributed by atoms with Crippen LogP contribution in [0.1, 0.15) is 26.2 Å². The summed E-state index contributed by atoms with van der Waals surface area (Å²) in [6.07, 6.45) is 2.68. The molecule has 0 radical (unpaired) electrons. The first-order valence-corrected chi connectivity index (χ1v) is 7.91. The van der Waals surface area contributed by atoms with Crippen molar-refractivity contribution in [3.8, 4) is 5.75 Å². The number of hydrogen-bond donors (Lipinski definition) is 2. The summed E-state index contributed by atoms with van der Waals surface area (Å²) in [7, 11) is 0. The lowest BCUT2D eigenvalue weighted by Gasteiger charge is -2.13. The third-order valence-corrected chi connectivity index (χ3v) is 3.95. The van der Waals surface area contributed by atoms with Crippen LogP contribution in [-0.2, 0) is 4.79 Å². The topological polar surface area (TPSA) is 50.4 Å². The molecule has 118 valence electrons. The van der Waals surface area contributed by atoms with Crippen LogP contribution in [0.4, 0.5) is 5.69 Å². The molecule has 1 amide bonds. The van der Waals surface area contributed by atoms with Crippen molar-refractivity contribution in [2.75, 3.05) is 25.0 Å². The van der Waals surface area contributed by atoms with E-state index in [2.05, 4.69) is 26.6 Å². The van der Waals surface area contributed by atoms with Crippen LogP contribution in [0.5, 0.6) is 5.75 Å². The van der Waals surface area contributed by atoms with Gasteiger partial charge in [-0.3, -0.25) is 4.79 Å². The molecule has 1 heterocycles. The molecule has 2 rings (SSSR count). The summed E-state index contributed by atoms with van der Waals surface area (Å²) in [5, 5.41) is 6.27. The quantitative estimate of drug-likeness (QED) is 0.796. The van der Waals surface area contributed by atoms with Gasteiger partial charge in [-0.15, -0.1) is 12.4 Å². The number of ether oxygens (including phenoxy) is 1. The Morgan fingerprint density at radius 3 is 3.00 bits per heavy atom. The largest absolute Gasteiger partial charge is 0.492 e. The van der Waals surface area contributed by atoms with Gasteiger partial charge in [0.25, 0.3) is 0 Å². The fraction of sp³-hybridized carbons (Fsp3) is 0.533. The first-order chi connectivity index (χ1) is 9.69. The minimum Gasteiger partial charge on any atom is -0.492 e. The van der Waals surface area contributed by atoms with Crippen LogP contribution in [0.15, 0.2) is 22.7 Å². The Balaban J connectivity index is 0.00000220. The molecular formula is C15H22BrClN2O2. The second-order valence-electron chi connectivity index (χ2n) is 5.02. The molecule has 0 spiro atoms. The van der Waals surface area contributed by atoms with E-state index in [4.69, 9.17) is 4.74 Å². The Kier molecular flexibility index (Phi) is 8.07. The number of benzene rings is 1. The molecule has 1 unspecified atom stereocenters. The summed E-state index contributed by atoms with van der Waals surface area (Å²) in [5.41, 5.74) is 0.732. The van der Waals surface area contributed by atoms with Crippen LogP contribution < -0.4 is 15.4 Å². The van der Waals surface area contributed by atoms with Gasteiger partial charge in [-0.25, -0.2) is 0 Å². The van der Waals surface area contributed by atoms with Gasteiger partial charge in [0.2, 0.25) is 5.91 Å². The van der Waals surface area contributed by atoms with Crippen molar-refractivity contribution in [1.82, 2.24) is 5.32 Å². The molecular weight excluding hydrogens is 356 g/mol. The van der Waals surface area contributed by atoms with E-state index in [0.29, 0.717) is 24.7 Å². The third-order valence-electron chi connectivity index (χ3n) is 3.46. The van der Waals surface area contributed by atoms with Crippen LogP contribution >= 0.6 is 28.3 Å². The maximum Gasteiger partial charge on any atom is 0.224 e. The van der Waals surface area contributed by atoms with Crippen LogP contribution in [-0.4, -0.2) is 25.6 Å². The molecule has 0 aromatic heterocycles. The zero-order valence-corrected chi connectivity index (χ0v) is 14.6. The molecule has 1 atom stereocenters. The van der Waals surface area contributed by atoms with Crippen LogP contribution in [0.2, 0.25) is 0 Å². The van der Waals surface area contributed by atoms with E-state index in [1.54, 1.807) is 0 Å². The standard InChI is InChI=1S/C15H21BrN2O2.ClH/c1-2-20-14-5-4-12(16)9-13(14)18-15(19)6-3-11-7-8-17-10-11;/h4-5,9,11,17H,2-3,6-8,10H2,1H3,(H,18,19);1H. The summed E-state index contributed by atoms with van der Waals surface area (Å²) in [6.45, 7) is 4.62. The van der Waals surface area contributed by atoms with Crippen molar-refractivity contribution >= 4 is 39.9 Å². The van der Waals surface area contributed by atoms with E-state index in [1.807, 2.05) is 25.1 Å². The SMILES string of the molecule is CCOc1ccc(Br)cc1NC(=O)CCC1CCNC1.Cl. The highest BCUT2D eigenvalue weighted by atomic mass is 79.9. The smallest absolute Gasteiger partial charge is 0.224 e. The summed E-state index contributed by atoms with van der Waals surface area (Å²) in [5.74, 6) is 1.40. The molecule has 0 aliphatic carbocycles. The number of carbonyl (C=O) groups is 1. The van der Waals surface area contributed by atoms with Crippen molar-refractivity contribution in [2.24, 2.45) is 5.92 Å². The van der Waals surface area contributed by atoms with E-state index in [-0.39, 0.29) is 18.3 Å². The summed E-state index contributed by atoms with van der Waals surface area (Å²) < 4.78 is 6.45. The van der Waals surface area contributed by atoms with Gasteiger partial charge in [0.1, 0.15) is 5.75 Å². The molecule has 21 heavy (non-hydrogen) atoms. The number of carbonyl (C=O) groups excluding carboxylic acids is 1. The third kappa shape index (κ3) is 5.85. The number of nitrogens with one attached hydrogen (secondary N) is 2. The first kappa shape index (κ1) is 18.3. The number of hydrogen-bond acceptors (Lipinski definition) is 3. The van der Waals surface area contributed by atoms with Crippen LogP contribution in [0, 0.1) is 5.92 Å². The van der Waals surface area contributed by atoms with E-state index in [1.165, 1.54) is 6.42 Å². The minimum absolute atomic E-state index is 0. The first-order valence-electron chi connectivity index (χ1n) is 7.12. The molecule has 6 heteroatoms. The Bertz CT molecular complexity index is 465. The lowest BCUT2D eigenvalue weighted by atomic mass is 10.0. The molecule has 1 aromatic rings. The minimum atomic E-state index is 0. The number of rotatable bonds is 6. The van der Waals surface area contributed by atoms with Gasteiger partial charge in [0.15, 0.2) is 0 Å². The Morgan fingerprint density at radius 1 is 1.52 bits per heavy atom. The average Bonchev–Trinajstić information content (AvgIpc) is 2.93. The summed E-state index contributed by atoms with van der Waals surface area (Å²) in [6, 6.07) is 5.65. The van der Waals surface area contributed by atoms with E-state index >= 15 is 0 Å². The fourth-order valence-corrected chi connectivity index (χ4v) is 2.75. The highest BCUT2D eigenvalue weighted by molar-refractivity contribution is 9.10. The number of halogens is 2. The maximum absolute atomic E-state index is 12.0. The van der Waals surface area contributed by atoms with Crippen molar-refractivity contribution in [3.05, 3.63) is 22.7 Å². The second-order valence-corrected chi connectivity index (χ2v) is 5.93. The second kappa shape index (κ2) is 9.28. The van der Waals surface area contributed by atoms with Gasteiger partial charge in [0, 0.05) is 10.9 Å². The zero-order valence-electron chi connectivity index (χ0n) is 12.2. The fourth-order valence-electron chi connectivity index (χ4n) is 2.39. The van der Waals surface area contributed by atoms with Gasteiger partial charge < -0.3 is 15.4 Å². The Morgan fingerprint density at radius 2 is 2.33 bits per heavy atom. The molecule has 1 fully saturated rings. The predicted octanol–water partition coefficient (Wildman–Crippen LogP) is 3.60. The van der Waals surface area contributed by atoms with Gasteiger partial charge in [-0.1, -0.05) is 15.9 Å². The molecule has 0 bridgehead atoms. The van der Waals surface area contributed by atoms with E-state index < -0.39 is 0 Å². The van der Waals surface area contributed by atoms with E-state index in [9.17, 15) is 4.79 Å². The average molecular weight is 378 g/mol. The summed E-state index contributed by atoms with van der Waals surface area (Å²) >= 11 is 3.42. The molecule has 1 saturated heterocycles. The Hall–Kier alpha value is -0.780. The molecule has 2 N–H and O–H groups in total. The molecule has 4 nitrogen and oxygen atoms in total. The molecule has 1 aliphatic rings.